The van der Waals surface area contributed by atoms with Crippen molar-refractivity contribution in [2.24, 2.45) is 0 Å². The number of hydrogen-bond donors (Lipinski definition) is 0. The van der Waals surface area contributed by atoms with Crippen molar-refractivity contribution in [3.8, 4) is 0 Å². The Balaban J connectivity index is 2.45. The van der Waals surface area contributed by atoms with E-state index >= 15 is 0 Å². The van der Waals surface area contributed by atoms with Crippen molar-refractivity contribution >= 4 is 0 Å². The molecule has 0 fully saturated rings. The lowest BCUT2D eigenvalue weighted by molar-refractivity contribution is 1.04. The Morgan fingerprint density at radius 2 is 0.643 bits per heavy atom. The highest BCUT2D eigenvalue weighted by atomic mass is 13.8. The fourth-order valence-electron chi connectivity index (χ4n) is 1.21. The third-order valence-corrected chi connectivity index (χ3v) is 1.99. The Hall–Kier alpha value is -1.30. The molecule has 0 saturated carbocycles. The van der Waals surface area contributed by atoms with Crippen LogP contribution in [0.15, 0.2) is 60.8 Å². The molecule has 0 bridgehead atoms. The average Bonchev–Trinajstić information content (AvgIpc) is 2.22. The quantitative estimate of drug-likeness (QED) is 0.528. The number of rotatable bonds is 0. The summed E-state index contributed by atoms with van der Waals surface area (Å²) in [5.41, 5.74) is 0. The Bertz CT molecular complexity index is 234. The maximum absolute atomic E-state index is 2.21. The molecule has 0 radical (unpaired) electrons. The third kappa shape index (κ3) is 6.24. The van der Waals surface area contributed by atoms with Crippen LogP contribution in [-0.4, -0.2) is 0 Å². The van der Waals surface area contributed by atoms with Gasteiger partial charge in [0.15, 0.2) is 0 Å². The van der Waals surface area contributed by atoms with Crippen LogP contribution in [0.5, 0.6) is 0 Å². The molecule has 0 nitrogen and oxygen atoms in total. The minimum Gasteiger partial charge on any atom is -0.0842 e. The minimum atomic E-state index is 1.12. The van der Waals surface area contributed by atoms with Crippen LogP contribution in [0.4, 0.5) is 0 Å². The summed E-state index contributed by atoms with van der Waals surface area (Å²) in [5.74, 6) is 0. The summed E-state index contributed by atoms with van der Waals surface area (Å²) >= 11 is 0. The topological polar surface area (TPSA) is 0 Å². The van der Waals surface area contributed by atoms with Crippen molar-refractivity contribution < 1.29 is 0 Å². The molecule has 0 aromatic heterocycles. The molecule has 0 atom stereocenters. The van der Waals surface area contributed by atoms with E-state index in [1.54, 1.807) is 0 Å². The van der Waals surface area contributed by atoms with E-state index in [0.29, 0.717) is 0 Å². The number of allylic oxidation sites excluding steroid dienone is 10. The lowest BCUT2D eigenvalue weighted by Gasteiger charge is -1.87. The van der Waals surface area contributed by atoms with Crippen molar-refractivity contribution in [3.05, 3.63) is 60.8 Å². The van der Waals surface area contributed by atoms with Gasteiger partial charge in [-0.15, -0.1) is 0 Å². The van der Waals surface area contributed by atoms with Crippen molar-refractivity contribution in [3.63, 3.8) is 0 Å². The monoisotopic (exact) mass is 186 g/mol. The first-order chi connectivity index (χ1) is 7.00. The van der Waals surface area contributed by atoms with E-state index in [-0.39, 0.29) is 0 Å². The van der Waals surface area contributed by atoms with Gasteiger partial charge in [0.1, 0.15) is 0 Å². The molecule has 1 rings (SSSR count). The van der Waals surface area contributed by atoms with Crippen molar-refractivity contribution in [2.75, 3.05) is 0 Å². The highest BCUT2D eigenvalue weighted by molar-refractivity contribution is 5.12. The van der Waals surface area contributed by atoms with E-state index in [9.17, 15) is 0 Å². The molecule has 0 aromatic rings. The van der Waals surface area contributed by atoms with E-state index in [4.69, 9.17) is 0 Å². The lowest BCUT2D eigenvalue weighted by Crippen LogP contribution is -1.66. The second-order valence-corrected chi connectivity index (χ2v) is 3.25. The molecule has 0 N–H and O–H groups in total. The highest BCUT2D eigenvalue weighted by Gasteiger charge is 1.77. The summed E-state index contributed by atoms with van der Waals surface area (Å²) in [6.45, 7) is 0. The standard InChI is InChI=1S/C14H18/c1-2-4-6-8-10-12-14-13-11-9-7-5-3-1/h1-6,11-14H,7-10H2/b2-1-,5-3+,6-4+,13-11+,14-12+. The Labute approximate surface area is 87.0 Å². The van der Waals surface area contributed by atoms with Crippen LogP contribution in [0.25, 0.3) is 0 Å². The van der Waals surface area contributed by atoms with Crippen molar-refractivity contribution in [1.82, 2.24) is 0 Å². The summed E-state index contributed by atoms with van der Waals surface area (Å²) in [4.78, 5) is 0. The van der Waals surface area contributed by atoms with Gasteiger partial charge in [-0.05, 0) is 25.7 Å². The summed E-state index contributed by atoms with van der Waals surface area (Å²) in [6, 6.07) is 0. The average molecular weight is 186 g/mol. The van der Waals surface area contributed by atoms with Gasteiger partial charge < -0.3 is 0 Å². The first-order valence-corrected chi connectivity index (χ1v) is 5.30. The van der Waals surface area contributed by atoms with Crippen LogP contribution < -0.4 is 0 Å². The summed E-state index contributed by atoms with van der Waals surface area (Å²) in [5, 5.41) is 0. The molecule has 0 amide bonds. The highest BCUT2D eigenvalue weighted by Crippen LogP contribution is 1.97. The molecule has 14 heavy (non-hydrogen) atoms. The van der Waals surface area contributed by atoms with Crippen LogP contribution in [0.2, 0.25) is 0 Å². The smallest absolute Gasteiger partial charge is 0.0313 e. The molecular formula is C14H18. The lowest BCUT2D eigenvalue weighted by atomic mass is 10.2. The van der Waals surface area contributed by atoms with Gasteiger partial charge in [0, 0.05) is 0 Å². The summed E-state index contributed by atoms with van der Waals surface area (Å²) in [6.07, 6.45) is 26.0. The fourth-order valence-corrected chi connectivity index (χ4v) is 1.21. The molecule has 0 spiro atoms. The van der Waals surface area contributed by atoms with Crippen LogP contribution in [0.3, 0.4) is 0 Å². The zero-order valence-corrected chi connectivity index (χ0v) is 8.60. The molecule has 0 heteroatoms. The van der Waals surface area contributed by atoms with Gasteiger partial charge in [-0.3, -0.25) is 0 Å². The predicted molar refractivity (Wildman–Crippen MR) is 64.2 cm³/mol. The zero-order chi connectivity index (χ0) is 9.90. The zero-order valence-electron chi connectivity index (χ0n) is 8.60. The van der Waals surface area contributed by atoms with Crippen molar-refractivity contribution in [2.45, 2.75) is 25.7 Å². The second kappa shape index (κ2) is 8.31. The molecule has 1 aliphatic rings. The van der Waals surface area contributed by atoms with Gasteiger partial charge in [-0.1, -0.05) is 60.8 Å². The van der Waals surface area contributed by atoms with Crippen LogP contribution in [0.1, 0.15) is 25.7 Å². The first kappa shape index (κ1) is 10.8. The SMILES string of the molecule is C1=C\C=C\CC/C=C/C=C/CC/C=C/1. The maximum atomic E-state index is 2.21. The molecular weight excluding hydrogens is 168 g/mol. The molecule has 0 aliphatic heterocycles. The Morgan fingerprint density at radius 1 is 0.357 bits per heavy atom. The Kier molecular flexibility index (Phi) is 6.39. The molecule has 0 unspecified atom stereocenters. The second-order valence-electron chi connectivity index (χ2n) is 3.25. The van der Waals surface area contributed by atoms with Gasteiger partial charge >= 0.3 is 0 Å². The molecule has 74 valence electrons. The first-order valence-electron chi connectivity index (χ1n) is 5.30. The maximum Gasteiger partial charge on any atom is -0.0313 e. The van der Waals surface area contributed by atoms with E-state index in [2.05, 4.69) is 60.8 Å². The van der Waals surface area contributed by atoms with Gasteiger partial charge in [0.25, 0.3) is 0 Å². The van der Waals surface area contributed by atoms with Crippen molar-refractivity contribution in [1.29, 1.82) is 0 Å². The minimum absolute atomic E-state index is 1.12. The number of hydrogen-bond acceptors (Lipinski definition) is 0. The third-order valence-electron chi connectivity index (χ3n) is 1.99. The van der Waals surface area contributed by atoms with E-state index in [1.165, 1.54) is 0 Å². The molecule has 0 heterocycles. The van der Waals surface area contributed by atoms with Crippen LogP contribution >= 0.6 is 0 Å². The largest absolute Gasteiger partial charge is 0.0842 e. The van der Waals surface area contributed by atoms with Gasteiger partial charge in [0.2, 0.25) is 0 Å². The Morgan fingerprint density at radius 3 is 1.00 bits per heavy atom. The van der Waals surface area contributed by atoms with Gasteiger partial charge in [-0.25, -0.2) is 0 Å². The summed E-state index contributed by atoms with van der Waals surface area (Å²) < 4.78 is 0. The molecule has 0 aromatic carbocycles. The molecule has 1 aliphatic carbocycles. The van der Waals surface area contributed by atoms with E-state index in [0.717, 1.165) is 25.7 Å². The normalized spacial score (nSPS) is 29.7. The fraction of sp³-hybridized carbons (Fsp3) is 0.286. The van der Waals surface area contributed by atoms with E-state index in [1.807, 2.05) is 0 Å². The van der Waals surface area contributed by atoms with Gasteiger partial charge in [0.05, 0.1) is 0 Å². The van der Waals surface area contributed by atoms with Crippen LogP contribution in [-0.2, 0) is 0 Å². The molecule has 0 saturated heterocycles. The van der Waals surface area contributed by atoms with Crippen LogP contribution in [0, 0.1) is 0 Å². The van der Waals surface area contributed by atoms with E-state index < -0.39 is 0 Å². The van der Waals surface area contributed by atoms with Gasteiger partial charge in [-0.2, -0.15) is 0 Å². The summed E-state index contributed by atoms with van der Waals surface area (Å²) in [7, 11) is 0. The predicted octanol–water partition coefficient (Wildman–Crippen LogP) is 4.34.